The zero-order chi connectivity index (χ0) is 12.7. The van der Waals surface area contributed by atoms with Crippen molar-refractivity contribution in [3.63, 3.8) is 0 Å². The number of hydrogen-bond donors (Lipinski definition) is 2. The Morgan fingerprint density at radius 2 is 1.62 bits per heavy atom. The van der Waals surface area contributed by atoms with E-state index in [1.54, 1.807) is 26.2 Å². The van der Waals surface area contributed by atoms with E-state index < -0.39 is 12.0 Å². The molecule has 0 aliphatic carbocycles. The normalized spacial score (nSPS) is 11.6. The molecule has 16 heavy (non-hydrogen) atoms. The third-order valence-electron chi connectivity index (χ3n) is 1.91. The molecule has 5 nitrogen and oxygen atoms in total. The van der Waals surface area contributed by atoms with Crippen molar-refractivity contribution in [2.75, 3.05) is 0 Å². The molecule has 0 amide bonds. The fourth-order valence-electron chi connectivity index (χ4n) is 0.742. The summed E-state index contributed by atoms with van der Waals surface area (Å²) < 4.78 is 0. The second-order valence-corrected chi connectivity index (χ2v) is 3.91. The van der Waals surface area contributed by atoms with Crippen LogP contribution >= 0.6 is 0 Å². The first-order chi connectivity index (χ1) is 7.34. The van der Waals surface area contributed by atoms with Crippen molar-refractivity contribution < 1.29 is 9.90 Å². The van der Waals surface area contributed by atoms with Crippen molar-refractivity contribution in [2.24, 2.45) is 11.7 Å². The molecule has 1 atom stereocenters. The monoisotopic (exact) mass is 225 g/mol. The van der Waals surface area contributed by atoms with Gasteiger partial charge in [-0.1, -0.05) is 13.8 Å². The molecule has 0 saturated carbocycles. The summed E-state index contributed by atoms with van der Waals surface area (Å²) in [5, 5.41) is 8.23. The van der Waals surface area contributed by atoms with Crippen LogP contribution in [0.1, 0.15) is 25.2 Å². The van der Waals surface area contributed by atoms with Gasteiger partial charge >= 0.3 is 5.97 Å². The number of nitrogens with zero attached hydrogens (tertiary/aromatic N) is 2. The van der Waals surface area contributed by atoms with Crippen molar-refractivity contribution >= 4 is 5.97 Å². The zero-order valence-electron chi connectivity index (χ0n) is 10.1. The molecule has 1 rings (SSSR count). The molecule has 0 unspecified atom stereocenters. The van der Waals surface area contributed by atoms with Crippen molar-refractivity contribution in [3.8, 4) is 0 Å². The van der Waals surface area contributed by atoms with E-state index in [-0.39, 0.29) is 5.92 Å². The molecule has 0 radical (unpaired) electrons. The van der Waals surface area contributed by atoms with E-state index in [0.29, 0.717) is 0 Å². The molecule has 0 spiro atoms. The molecule has 1 aromatic heterocycles. The minimum atomic E-state index is -0.931. The summed E-state index contributed by atoms with van der Waals surface area (Å²) >= 11 is 0. The van der Waals surface area contributed by atoms with Crippen molar-refractivity contribution in [2.45, 2.75) is 33.7 Å². The van der Waals surface area contributed by atoms with E-state index in [1.165, 1.54) is 0 Å². The van der Waals surface area contributed by atoms with Crippen molar-refractivity contribution in [1.29, 1.82) is 0 Å². The first-order valence-electron chi connectivity index (χ1n) is 5.08. The first kappa shape index (κ1) is 14.5. The lowest BCUT2D eigenvalue weighted by molar-refractivity contribution is -0.139. The Morgan fingerprint density at radius 3 is 1.75 bits per heavy atom. The number of nitrogens with two attached hydrogens (primary N) is 1. The molecule has 0 aliphatic heterocycles. The number of carboxylic acid groups (broad SMARTS) is 1. The summed E-state index contributed by atoms with van der Waals surface area (Å²) in [5.41, 5.74) is 7.10. The lowest BCUT2D eigenvalue weighted by atomic mass is 10.1. The fourth-order valence-corrected chi connectivity index (χ4v) is 0.742. The smallest absolute Gasteiger partial charge is 0.320 e. The van der Waals surface area contributed by atoms with Crippen LogP contribution < -0.4 is 5.73 Å². The molecular formula is C11H19N3O2. The van der Waals surface area contributed by atoms with E-state index in [0.717, 1.165) is 11.4 Å². The molecule has 1 aromatic rings. The van der Waals surface area contributed by atoms with E-state index >= 15 is 0 Å². The van der Waals surface area contributed by atoms with E-state index in [2.05, 4.69) is 9.97 Å². The zero-order valence-corrected chi connectivity index (χ0v) is 10.1. The molecule has 1 heterocycles. The number of rotatable bonds is 2. The third-order valence-corrected chi connectivity index (χ3v) is 1.91. The topological polar surface area (TPSA) is 89.1 Å². The number of aryl methyl sites for hydroxylation is 2. The summed E-state index contributed by atoms with van der Waals surface area (Å²) in [7, 11) is 0. The van der Waals surface area contributed by atoms with Crippen LogP contribution in [0.2, 0.25) is 0 Å². The maximum absolute atomic E-state index is 10.0. The summed E-state index contributed by atoms with van der Waals surface area (Å²) in [6.07, 6.45) is 3.52. The molecule has 0 saturated heterocycles. The summed E-state index contributed by atoms with van der Waals surface area (Å²) in [6.45, 7) is 7.40. The van der Waals surface area contributed by atoms with Gasteiger partial charge in [0.05, 0.1) is 11.4 Å². The standard InChI is InChI=1S/C6H8N2.C5H11NO2/c1-5-3-8-6(2)4-7-5;1-3(2)4(6)5(7)8/h3-4H,1-2H3;3-4H,6H2,1-2H3,(H,7,8)/t;4-/m.0/s1. The Hall–Kier alpha value is -1.49. The second-order valence-electron chi connectivity index (χ2n) is 3.91. The van der Waals surface area contributed by atoms with Crippen molar-refractivity contribution in [3.05, 3.63) is 23.8 Å². The van der Waals surface area contributed by atoms with Gasteiger partial charge in [0.2, 0.25) is 0 Å². The quantitative estimate of drug-likeness (QED) is 0.788. The van der Waals surface area contributed by atoms with Gasteiger partial charge in [0.15, 0.2) is 0 Å². The minimum absolute atomic E-state index is 0.0208. The minimum Gasteiger partial charge on any atom is -0.480 e. The highest BCUT2D eigenvalue weighted by atomic mass is 16.4. The molecule has 0 fully saturated rings. The van der Waals surface area contributed by atoms with Gasteiger partial charge in [-0.15, -0.1) is 0 Å². The van der Waals surface area contributed by atoms with E-state index in [1.807, 2.05) is 13.8 Å². The average molecular weight is 225 g/mol. The number of aromatic nitrogens is 2. The molecular weight excluding hydrogens is 206 g/mol. The van der Waals surface area contributed by atoms with Crippen LogP contribution in [0.25, 0.3) is 0 Å². The van der Waals surface area contributed by atoms with Gasteiger partial charge in [0.25, 0.3) is 0 Å². The van der Waals surface area contributed by atoms with Gasteiger partial charge in [-0.3, -0.25) is 14.8 Å². The molecule has 0 aromatic carbocycles. The summed E-state index contributed by atoms with van der Waals surface area (Å²) in [5.74, 6) is -0.910. The lowest BCUT2D eigenvalue weighted by Gasteiger charge is -2.07. The largest absolute Gasteiger partial charge is 0.480 e. The van der Waals surface area contributed by atoms with Gasteiger partial charge in [0, 0.05) is 12.4 Å². The third kappa shape index (κ3) is 6.08. The SMILES string of the molecule is CC(C)[C@H](N)C(=O)O.Cc1cnc(C)cn1. The first-order valence-corrected chi connectivity index (χ1v) is 5.08. The molecule has 0 bridgehead atoms. The van der Waals surface area contributed by atoms with Crippen LogP contribution in [0.5, 0.6) is 0 Å². The van der Waals surface area contributed by atoms with Gasteiger partial charge in [0.1, 0.15) is 6.04 Å². The van der Waals surface area contributed by atoms with Gasteiger partial charge < -0.3 is 10.8 Å². The number of carbonyl (C=O) groups is 1. The highest BCUT2D eigenvalue weighted by Crippen LogP contribution is 1.96. The maximum atomic E-state index is 10.0. The van der Waals surface area contributed by atoms with Crippen LogP contribution in [0.15, 0.2) is 12.4 Å². The predicted octanol–water partition coefficient (Wildman–Crippen LogP) is 1.15. The Kier molecular flexibility index (Phi) is 6.25. The molecule has 90 valence electrons. The molecule has 5 heteroatoms. The predicted molar refractivity (Wildman–Crippen MR) is 62.0 cm³/mol. The highest BCUT2D eigenvalue weighted by molar-refractivity contribution is 5.73. The Balaban J connectivity index is 0.000000281. The van der Waals surface area contributed by atoms with Crippen LogP contribution in [0, 0.1) is 19.8 Å². The van der Waals surface area contributed by atoms with E-state index in [4.69, 9.17) is 10.8 Å². The van der Waals surface area contributed by atoms with Crippen LogP contribution in [0.3, 0.4) is 0 Å². The second kappa shape index (κ2) is 6.90. The van der Waals surface area contributed by atoms with E-state index in [9.17, 15) is 4.79 Å². The Bertz CT molecular complexity index is 302. The van der Waals surface area contributed by atoms with Crippen LogP contribution in [0.4, 0.5) is 0 Å². The Morgan fingerprint density at radius 1 is 1.25 bits per heavy atom. The molecule has 3 N–H and O–H groups in total. The van der Waals surface area contributed by atoms with Crippen LogP contribution in [-0.4, -0.2) is 27.1 Å². The fraction of sp³-hybridized carbons (Fsp3) is 0.545. The summed E-state index contributed by atoms with van der Waals surface area (Å²) in [6, 6.07) is -0.713. The number of aliphatic carboxylic acids is 1. The Labute approximate surface area is 95.7 Å². The van der Waals surface area contributed by atoms with Gasteiger partial charge in [-0.25, -0.2) is 0 Å². The lowest BCUT2D eigenvalue weighted by Crippen LogP contribution is -2.34. The van der Waals surface area contributed by atoms with Gasteiger partial charge in [-0.2, -0.15) is 0 Å². The molecule has 0 aliphatic rings. The van der Waals surface area contributed by atoms with Crippen LogP contribution in [-0.2, 0) is 4.79 Å². The number of hydrogen-bond acceptors (Lipinski definition) is 4. The summed E-state index contributed by atoms with van der Waals surface area (Å²) in [4.78, 5) is 18.0. The highest BCUT2D eigenvalue weighted by Gasteiger charge is 2.14. The maximum Gasteiger partial charge on any atom is 0.320 e. The number of carboxylic acids is 1. The van der Waals surface area contributed by atoms with Crippen molar-refractivity contribution in [1.82, 2.24) is 9.97 Å². The average Bonchev–Trinajstić information content (AvgIpc) is 2.22. The van der Waals surface area contributed by atoms with Gasteiger partial charge in [-0.05, 0) is 19.8 Å².